The van der Waals surface area contributed by atoms with Gasteiger partial charge in [-0.05, 0) is 24.6 Å². The minimum atomic E-state index is -1.22. The van der Waals surface area contributed by atoms with Gasteiger partial charge in [-0.25, -0.2) is 0 Å². The fraction of sp³-hybridized carbons (Fsp3) is 0.200. The Morgan fingerprint density at radius 2 is 1.93 bits per heavy atom. The summed E-state index contributed by atoms with van der Waals surface area (Å²) in [5, 5.41) is 8.88. The Labute approximate surface area is 86.7 Å². The summed E-state index contributed by atoms with van der Waals surface area (Å²) in [4.78, 5) is 22.0. The molecule has 0 saturated heterocycles. The lowest BCUT2D eigenvalue weighted by Crippen LogP contribution is -2.20. The lowest BCUT2D eigenvalue weighted by molar-refractivity contribution is -0.142. The van der Waals surface area contributed by atoms with E-state index in [9.17, 15) is 9.59 Å². The molecule has 5 heteroatoms. The second-order valence-electron chi connectivity index (χ2n) is 3.27. The number of hydrogen-bond donors (Lipinski definition) is 3. The molecule has 0 aromatic heterocycles. The van der Waals surface area contributed by atoms with Crippen LogP contribution in [-0.2, 0) is 9.59 Å². The molecule has 1 aromatic carbocycles. The van der Waals surface area contributed by atoms with Crippen molar-refractivity contribution < 1.29 is 14.7 Å². The lowest BCUT2D eigenvalue weighted by atomic mass is 9.94. The van der Waals surface area contributed by atoms with E-state index in [1.54, 1.807) is 0 Å². The van der Waals surface area contributed by atoms with Gasteiger partial charge in [-0.3, -0.25) is 9.59 Å². The van der Waals surface area contributed by atoms with Crippen molar-refractivity contribution in [1.82, 2.24) is 0 Å². The number of carboxylic acids is 1. The van der Waals surface area contributed by atoms with Crippen molar-refractivity contribution in [3.05, 3.63) is 23.8 Å². The lowest BCUT2D eigenvalue weighted by Gasteiger charge is -2.12. The van der Waals surface area contributed by atoms with Crippen LogP contribution in [0.5, 0.6) is 0 Å². The summed E-state index contributed by atoms with van der Waals surface area (Å²) in [5.41, 5.74) is 12.0. The van der Waals surface area contributed by atoms with Crippen molar-refractivity contribution in [3.8, 4) is 0 Å². The summed E-state index contributed by atoms with van der Waals surface area (Å²) in [5.74, 6) is -2.89. The quantitative estimate of drug-likeness (QED) is 0.498. The van der Waals surface area contributed by atoms with Gasteiger partial charge in [-0.15, -0.1) is 0 Å². The Balaban J connectivity index is 3.23. The third kappa shape index (κ3) is 2.25. The van der Waals surface area contributed by atoms with Gasteiger partial charge in [0.05, 0.1) is 0 Å². The zero-order chi connectivity index (χ0) is 11.6. The molecule has 80 valence electrons. The number of carbonyl (C=O) groups is 2. The van der Waals surface area contributed by atoms with Crippen LogP contribution in [-0.4, -0.2) is 16.9 Å². The maximum atomic E-state index is 11.2. The molecule has 15 heavy (non-hydrogen) atoms. The van der Waals surface area contributed by atoms with Gasteiger partial charge in [-0.2, -0.15) is 0 Å². The second kappa shape index (κ2) is 4.00. The predicted molar refractivity (Wildman–Crippen MR) is 56.3 cm³/mol. The second-order valence-corrected chi connectivity index (χ2v) is 3.27. The summed E-state index contributed by atoms with van der Waals surface area (Å²) in [7, 11) is 0. The van der Waals surface area contributed by atoms with E-state index < -0.39 is 17.7 Å². The molecule has 0 aliphatic heterocycles. The molecule has 0 heterocycles. The first-order chi connectivity index (χ1) is 6.93. The van der Waals surface area contributed by atoms with Gasteiger partial charge < -0.3 is 16.6 Å². The number of ketones is 1. The third-order valence-corrected chi connectivity index (χ3v) is 2.08. The van der Waals surface area contributed by atoms with Crippen molar-refractivity contribution >= 4 is 23.1 Å². The highest BCUT2D eigenvalue weighted by Gasteiger charge is 2.26. The SMILES string of the molecule is CC(=O)C(C(=O)O)c1ccc(N)cc1N. The van der Waals surface area contributed by atoms with Gasteiger partial charge >= 0.3 is 5.97 Å². The number of carbonyl (C=O) groups excluding carboxylic acids is 1. The topological polar surface area (TPSA) is 106 Å². The number of benzene rings is 1. The zero-order valence-electron chi connectivity index (χ0n) is 8.23. The van der Waals surface area contributed by atoms with Gasteiger partial charge in [0, 0.05) is 11.4 Å². The van der Waals surface area contributed by atoms with Crippen LogP contribution >= 0.6 is 0 Å². The van der Waals surface area contributed by atoms with Crippen molar-refractivity contribution in [2.75, 3.05) is 11.5 Å². The van der Waals surface area contributed by atoms with Gasteiger partial charge in [0.2, 0.25) is 0 Å². The van der Waals surface area contributed by atoms with Crippen LogP contribution in [0.1, 0.15) is 18.4 Å². The van der Waals surface area contributed by atoms with E-state index in [4.69, 9.17) is 16.6 Å². The van der Waals surface area contributed by atoms with Crippen LogP contribution in [0.25, 0.3) is 0 Å². The normalized spacial score (nSPS) is 12.1. The van der Waals surface area contributed by atoms with Crippen LogP contribution in [0.4, 0.5) is 11.4 Å². The third-order valence-electron chi connectivity index (χ3n) is 2.08. The van der Waals surface area contributed by atoms with E-state index in [1.165, 1.54) is 25.1 Å². The van der Waals surface area contributed by atoms with Crippen LogP contribution in [0.15, 0.2) is 18.2 Å². The zero-order valence-corrected chi connectivity index (χ0v) is 8.23. The van der Waals surface area contributed by atoms with E-state index >= 15 is 0 Å². The Kier molecular flexibility index (Phi) is 2.94. The van der Waals surface area contributed by atoms with Crippen molar-refractivity contribution in [3.63, 3.8) is 0 Å². The minimum Gasteiger partial charge on any atom is -0.480 e. The molecule has 5 N–H and O–H groups in total. The molecule has 1 unspecified atom stereocenters. The van der Waals surface area contributed by atoms with Crippen LogP contribution in [0, 0.1) is 0 Å². The molecule has 0 aliphatic carbocycles. The number of hydrogen-bond acceptors (Lipinski definition) is 4. The fourth-order valence-electron chi connectivity index (χ4n) is 1.38. The Hall–Kier alpha value is -2.04. The van der Waals surface area contributed by atoms with Crippen molar-refractivity contribution in [2.24, 2.45) is 0 Å². The van der Waals surface area contributed by atoms with Gasteiger partial charge in [-0.1, -0.05) is 6.07 Å². The highest BCUT2D eigenvalue weighted by atomic mass is 16.4. The van der Waals surface area contributed by atoms with Crippen LogP contribution < -0.4 is 11.5 Å². The van der Waals surface area contributed by atoms with Crippen LogP contribution in [0.3, 0.4) is 0 Å². The number of anilines is 2. The van der Waals surface area contributed by atoms with Crippen molar-refractivity contribution in [2.45, 2.75) is 12.8 Å². The summed E-state index contributed by atoms with van der Waals surface area (Å²) in [6.07, 6.45) is 0. The van der Waals surface area contributed by atoms with E-state index in [0.29, 0.717) is 5.69 Å². The number of rotatable bonds is 3. The predicted octanol–water partition coefficient (Wildman–Crippen LogP) is 0.608. The molecule has 1 atom stereocenters. The molecule has 0 aliphatic rings. The average molecular weight is 208 g/mol. The van der Waals surface area contributed by atoms with Gasteiger partial charge in [0.15, 0.2) is 0 Å². The van der Waals surface area contributed by atoms with E-state index in [-0.39, 0.29) is 11.3 Å². The minimum absolute atomic E-state index is 0.220. The molecule has 0 fully saturated rings. The molecule has 0 spiro atoms. The molecule has 0 radical (unpaired) electrons. The highest BCUT2D eigenvalue weighted by Crippen LogP contribution is 2.25. The maximum absolute atomic E-state index is 11.2. The fourth-order valence-corrected chi connectivity index (χ4v) is 1.38. The van der Waals surface area contributed by atoms with E-state index in [1.807, 2.05) is 0 Å². The summed E-state index contributed by atoms with van der Waals surface area (Å²) in [6, 6.07) is 4.42. The molecule has 5 nitrogen and oxygen atoms in total. The van der Waals surface area contributed by atoms with E-state index in [0.717, 1.165) is 0 Å². The first-order valence-corrected chi connectivity index (χ1v) is 4.31. The maximum Gasteiger partial charge on any atom is 0.318 e. The van der Waals surface area contributed by atoms with Gasteiger partial charge in [0.25, 0.3) is 0 Å². The number of nitrogens with two attached hydrogens (primary N) is 2. The smallest absolute Gasteiger partial charge is 0.318 e. The summed E-state index contributed by atoms with van der Waals surface area (Å²) in [6.45, 7) is 1.22. The number of aliphatic carboxylic acids is 1. The Bertz CT molecular complexity index is 401. The van der Waals surface area contributed by atoms with Gasteiger partial charge in [0.1, 0.15) is 11.7 Å². The molecular weight excluding hydrogens is 196 g/mol. The standard InChI is InChI=1S/C10H12N2O3/c1-5(13)9(10(14)15)7-3-2-6(11)4-8(7)12/h2-4,9H,11-12H2,1H3,(H,14,15). The van der Waals surface area contributed by atoms with Crippen LogP contribution in [0.2, 0.25) is 0 Å². The monoisotopic (exact) mass is 208 g/mol. The number of nitrogen functional groups attached to an aromatic ring is 2. The number of carboxylic acid groups (broad SMARTS) is 1. The Morgan fingerprint density at radius 1 is 1.33 bits per heavy atom. The molecule has 1 aromatic rings. The number of Topliss-reactive ketones (excluding diaryl/α,β-unsaturated/α-hetero) is 1. The molecule has 0 amide bonds. The molecule has 0 saturated carbocycles. The highest BCUT2D eigenvalue weighted by molar-refractivity contribution is 6.03. The summed E-state index contributed by atoms with van der Waals surface area (Å²) < 4.78 is 0. The average Bonchev–Trinajstić information content (AvgIpc) is 2.08. The van der Waals surface area contributed by atoms with E-state index in [2.05, 4.69) is 0 Å². The Morgan fingerprint density at radius 3 is 2.33 bits per heavy atom. The van der Waals surface area contributed by atoms with Crippen molar-refractivity contribution in [1.29, 1.82) is 0 Å². The summed E-state index contributed by atoms with van der Waals surface area (Å²) >= 11 is 0. The first kappa shape index (κ1) is 11.0. The first-order valence-electron chi connectivity index (χ1n) is 4.31. The molecule has 0 bridgehead atoms. The molecular formula is C10H12N2O3. The largest absolute Gasteiger partial charge is 0.480 e. The molecule has 1 rings (SSSR count).